The number of ether oxygens (including phenoxy) is 1. The Balaban J connectivity index is 2.50. The van der Waals surface area contributed by atoms with Gasteiger partial charge in [-0.05, 0) is 24.3 Å². The summed E-state index contributed by atoms with van der Waals surface area (Å²) < 4.78 is 8.81. The van der Waals surface area contributed by atoms with Crippen molar-refractivity contribution in [2.45, 2.75) is 12.1 Å². The molecule has 0 fully saturated rings. The number of nitrogens with zero attached hydrogens (tertiary/aromatic N) is 3. The summed E-state index contributed by atoms with van der Waals surface area (Å²) in [5.41, 5.74) is 0.997. The highest BCUT2D eigenvalue weighted by molar-refractivity contribution is 7.58. The van der Waals surface area contributed by atoms with Gasteiger partial charge in [0.1, 0.15) is 11.4 Å². The maximum absolute atomic E-state index is 5.20. The minimum atomic E-state index is 0.560. The number of aromatic nitrogens is 3. The second kappa shape index (κ2) is 4.09. The molecule has 4 nitrogen and oxygen atoms in total. The van der Waals surface area contributed by atoms with Crippen molar-refractivity contribution < 1.29 is 9.30 Å². The normalized spacial score (nSPS) is 10.4. The van der Waals surface area contributed by atoms with E-state index in [0.717, 1.165) is 17.3 Å². The Morgan fingerprint density at radius 2 is 1.94 bits per heavy atom. The van der Waals surface area contributed by atoms with E-state index in [1.54, 1.807) is 11.8 Å². The van der Waals surface area contributed by atoms with Gasteiger partial charge in [0.15, 0.2) is 5.16 Å². The predicted molar refractivity (Wildman–Crippen MR) is 61.7 cm³/mol. The Morgan fingerprint density at radius 1 is 1.31 bits per heavy atom. The van der Waals surface area contributed by atoms with Crippen LogP contribution < -0.4 is 9.30 Å². The van der Waals surface area contributed by atoms with Crippen LogP contribution >= 0.6 is 0 Å². The first-order valence-electron chi connectivity index (χ1n) is 4.90. The van der Waals surface area contributed by atoms with Gasteiger partial charge >= 0.3 is 0 Å². The van der Waals surface area contributed by atoms with E-state index in [0.29, 0.717) is 5.16 Å². The highest BCUT2D eigenvalue weighted by Gasteiger charge is 2.13. The molecule has 0 amide bonds. The fraction of sp³-hybridized carbons (Fsp3) is 0.273. The fourth-order valence-electron chi connectivity index (χ4n) is 1.56. The summed E-state index contributed by atoms with van der Waals surface area (Å²) in [7, 11) is 3.53. The van der Waals surface area contributed by atoms with E-state index >= 15 is 0 Å². The minimum absolute atomic E-state index is 0.560. The summed E-state index contributed by atoms with van der Waals surface area (Å²) in [5.74, 6) is 1.83. The summed E-state index contributed by atoms with van der Waals surface area (Å²) in [6, 6.07) is 7.74. The van der Waals surface area contributed by atoms with Gasteiger partial charge in [-0.2, -0.15) is 0 Å². The second-order valence-corrected chi connectivity index (χ2v) is 3.85. The summed E-state index contributed by atoms with van der Waals surface area (Å²) in [5, 5.41) is 4.75. The van der Waals surface area contributed by atoms with Crippen molar-refractivity contribution in [3.05, 3.63) is 30.1 Å². The average molecular weight is 235 g/mol. The summed E-state index contributed by atoms with van der Waals surface area (Å²) in [4.78, 5) is 0. The molecule has 1 aromatic carbocycles. The molecule has 0 radical (unpaired) electrons. The zero-order valence-electron chi connectivity index (χ0n) is 9.47. The molecule has 0 bridgehead atoms. The van der Waals surface area contributed by atoms with Gasteiger partial charge in [0, 0.05) is 12.0 Å². The van der Waals surface area contributed by atoms with Gasteiger partial charge in [0.25, 0.3) is 0 Å². The molecule has 5 heteroatoms. The van der Waals surface area contributed by atoms with Gasteiger partial charge in [-0.15, -0.1) is 4.68 Å². The van der Waals surface area contributed by atoms with Crippen molar-refractivity contribution in [3.8, 4) is 11.4 Å². The average Bonchev–Trinajstić information content (AvgIpc) is 2.54. The topological polar surface area (TPSA) is 30.9 Å². The number of hydrogen-bond donors (Lipinski definition) is 0. The first-order valence-corrected chi connectivity index (χ1v) is 5.31. The van der Waals surface area contributed by atoms with Crippen LogP contribution in [-0.2, 0) is 19.7 Å². The Bertz CT molecular complexity index is 505. The molecule has 16 heavy (non-hydrogen) atoms. The lowest BCUT2D eigenvalue weighted by molar-refractivity contribution is -0.643. The van der Waals surface area contributed by atoms with Crippen molar-refractivity contribution >= 4 is 12.6 Å². The first-order chi connectivity index (χ1) is 7.63. The van der Waals surface area contributed by atoms with Crippen molar-refractivity contribution in [1.29, 1.82) is 0 Å². The summed E-state index contributed by atoms with van der Waals surface area (Å²) in [6.45, 7) is 1.98. The Labute approximate surface area is 99.9 Å². The van der Waals surface area contributed by atoms with Gasteiger partial charge < -0.3 is 17.4 Å². The lowest BCUT2D eigenvalue weighted by Gasteiger charge is -2.05. The molecular weight excluding hydrogens is 222 g/mol. The summed E-state index contributed by atoms with van der Waals surface area (Å²) in [6.07, 6.45) is 0. The van der Waals surface area contributed by atoms with Crippen molar-refractivity contribution in [2.24, 2.45) is 7.05 Å². The third kappa shape index (κ3) is 1.74. The first kappa shape index (κ1) is 10.9. The van der Waals surface area contributed by atoms with E-state index in [9.17, 15) is 0 Å². The van der Waals surface area contributed by atoms with E-state index in [1.165, 1.54) is 0 Å². The van der Waals surface area contributed by atoms with E-state index < -0.39 is 0 Å². The van der Waals surface area contributed by atoms with E-state index in [2.05, 4.69) is 5.10 Å². The molecule has 0 aliphatic rings. The number of methoxy groups -OCH3 is 1. The van der Waals surface area contributed by atoms with Crippen LogP contribution in [-0.4, -0.2) is 16.9 Å². The van der Waals surface area contributed by atoms with Crippen molar-refractivity contribution in [3.63, 3.8) is 0 Å². The SMILES string of the molecule is COc1ccc(-[n+]2c([S-])nn(C)c2C)cc1. The lowest BCUT2D eigenvalue weighted by atomic mass is 10.3. The van der Waals surface area contributed by atoms with Crippen LogP contribution in [0.3, 0.4) is 0 Å². The quantitative estimate of drug-likeness (QED) is 0.573. The Morgan fingerprint density at radius 3 is 2.38 bits per heavy atom. The maximum atomic E-state index is 5.20. The van der Waals surface area contributed by atoms with Crippen LogP contribution in [0.5, 0.6) is 5.75 Å². The maximum Gasteiger partial charge on any atom is 0.236 e. The van der Waals surface area contributed by atoms with E-state index in [1.807, 2.05) is 42.8 Å². The highest BCUT2D eigenvalue weighted by Crippen LogP contribution is 2.12. The molecule has 2 rings (SSSR count). The minimum Gasteiger partial charge on any atom is -0.702 e. The van der Waals surface area contributed by atoms with Crippen LogP contribution in [0.4, 0.5) is 0 Å². The molecule has 84 valence electrons. The van der Waals surface area contributed by atoms with E-state index in [4.69, 9.17) is 17.4 Å². The second-order valence-electron chi connectivity index (χ2n) is 3.49. The number of benzene rings is 1. The molecule has 2 aromatic rings. The zero-order chi connectivity index (χ0) is 11.7. The molecule has 0 aliphatic carbocycles. The third-order valence-corrected chi connectivity index (χ3v) is 2.81. The molecule has 0 N–H and O–H groups in total. The monoisotopic (exact) mass is 235 g/mol. The molecule has 1 heterocycles. The van der Waals surface area contributed by atoms with Gasteiger partial charge in [0.2, 0.25) is 5.82 Å². The highest BCUT2D eigenvalue weighted by atomic mass is 32.1. The van der Waals surface area contributed by atoms with Gasteiger partial charge in [-0.3, -0.25) is 0 Å². The predicted octanol–water partition coefficient (Wildman–Crippen LogP) is 0.920. The molecule has 0 unspecified atom stereocenters. The summed E-state index contributed by atoms with van der Waals surface area (Å²) >= 11 is 5.20. The van der Waals surface area contributed by atoms with Gasteiger partial charge in [-0.1, -0.05) is 0 Å². The number of rotatable bonds is 2. The Hall–Kier alpha value is -1.62. The Kier molecular flexibility index (Phi) is 2.78. The van der Waals surface area contributed by atoms with E-state index in [-0.39, 0.29) is 0 Å². The van der Waals surface area contributed by atoms with Crippen LogP contribution in [0.1, 0.15) is 5.82 Å². The smallest absolute Gasteiger partial charge is 0.236 e. The molecular formula is C11H13N3OS. The molecule has 0 aliphatic heterocycles. The van der Waals surface area contributed by atoms with Crippen LogP contribution in [0.25, 0.3) is 5.69 Å². The van der Waals surface area contributed by atoms with Crippen molar-refractivity contribution in [1.82, 2.24) is 9.78 Å². The van der Waals surface area contributed by atoms with Crippen molar-refractivity contribution in [2.75, 3.05) is 7.11 Å². The molecule has 1 aromatic heterocycles. The molecule has 0 spiro atoms. The molecule has 0 saturated carbocycles. The standard InChI is InChI=1S/C11H13N3OS/c1-8-13(2)12-11(16)14(8)9-4-6-10(15-3)7-5-9/h4-7H,1-3H3. The zero-order valence-corrected chi connectivity index (χ0v) is 10.3. The number of hydrogen-bond acceptors (Lipinski definition) is 3. The van der Waals surface area contributed by atoms with Gasteiger partial charge in [0.05, 0.1) is 14.2 Å². The third-order valence-electron chi connectivity index (χ3n) is 2.55. The van der Waals surface area contributed by atoms with Crippen LogP contribution in [0.15, 0.2) is 29.4 Å². The molecule has 0 saturated heterocycles. The van der Waals surface area contributed by atoms with Crippen LogP contribution in [0.2, 0.25) is 0 Å². The molecule has 0 atom stereocenters. The largest absolute Gasteiger partial charge is 0.702 e. The van der Waals surface area contributed by atoms with Gasteiger partial charge in [-0.25, -0.2) is 4.57 Å². The number of aryl methyl sites for hydroxylation is 1. The van der Waals surface area contributed by atoms with Crippen LogP contribution in [0, 0.1) is 6.92 Å². The fourth-order valence-corrected chi connectivity index (χ4v) is 1.92. The lowest BCUT2D eigenvalue weighted by Crippen LogP contribution is -2.35.